The molecule has 1 heteroatoms. The Balaban J connectivity index is 1.74. The maximum Gasteiger partial charge on any atom is 0.115 e. The van der Waals surface area contributed by atoms with E-state index in [0.717, 1.165) is 6.42 Å². The number of aromatic hydroxyl groups is 1. The minimum absolute atomic E-state index is 0.434. The Kier molecular flexibility index (Phi) is 3.55. The lowest BCUT2D eigenvalue weighted by Crippen LogP contribution is -2.29. The van der Waals surface area contributed by atoms with Crippen LogP contribution in [0, 0.1) is 5.41 Å². The van der Waals surface area contributed by atoms with Crippen molar-refractivity contribution in [3.63, 3.8) is 0 Å². The normalized spacial score (nSPS) is 30.0. The second-order valence-electron chi connectivity index (χ2n) is 7.72. The number of phenols is 1. The maximum atomic E-state index is 9.76. The minimum atomic E-state index is 0.434. The molecule has 1 aromatic carbocycles. The molecule has 1 N–H and O–H groups in total. The van der Waals surface area contributed by atoms with Crippen molar-refractivity contribution in [2.24, 2.45) is 5.41 Å². The Hall–Kier alpha value is -1.24. The molecule has 3 aliphatic carbocycles. The van der Waals surface area contributed by atoms with Gasteiger partial charge in [0.2, 0.25) is 0 Å². The highest BCUT2D eigenvalue weighted by molar-refractivity contribution is 5.48. The highest BCUT2D eigenvalue weighted by Gasteiger charge is 2.44. The fourth-order valence-electron chi connectivity index (χ4n) is 5.60. The number of fused-ring (bicyclic) bond motifs is 4. The van der Waals surface area contributed by atoms with Gasteiger partial charge in [0.15, 0.2) is 0 Å². The van der Waals surface area contributed by atoms with Crippen LogP contribution in [0.25, 0.3) is 0 Å². The van der Waals surface area contributed by atoms with E-state index in [1.165, 1.54) is 68.9 Å². The number of aryl methyl sites for hydroxylation is 1. The molecule has 0 spiro atoms. The van der Waals surface area contributed by atoms with Crippen molar-refractivity contribution in [3.8, 4) is 5.75 Å². The van der Waals surface area contributed by atoms with Gasteiger partial charge in [-0.15, -0.1) is 0 Å². The van der Waals surface area contributed by atoms with Gasteiger partial charge in [-0.3, -0.25) is 0 Å². The monoisotopic (exact) mass is 296 g/mol. The molecule has 4 rings (SSSR count). The largest absolute Gasteiger partial charge is 0.508 e. The average Bonchev–Trinajstić information content (AvgIpc) is 2.96. The van der Waals surface area contributed by atoms with Crippen LogP contribution in [0.4, 0.5) is 0 Å². The average molecular weight is 296 g/mol. The van der Waals surface area contributed by atoms with E-state index < -0.39 is 0 Å². The summed E-state index contributed by atoms with van der Waals surface area (Å²) >= 11 is 0. The number of hydrogen-bond donors (Lipinski definition) is 1. The topological polar surface area (TPSA) is 20.2 Å². The summed E-state index contributed by atoms with van der Waals surface area (Å²) in [6, 6.07) is 6.09. The summed E-state index contributed by atoms with van der Waals surface area (Å²) in [6.45, 7) is 2.33. The van der Waals surface area contributed by atoms with E-state index >= 15 is 0 Å². The van der Waals surface area contributed by atoms with Crippen molar-refractivity contribution in [1.82, 2.24) is 0 Å². The molecular formula is C21H28O. The SMILES string of the molecule is CCCCC12CCCC1=C1CCc3cc(O)ccc3C1CC2. The third kappa shape index (κ3) is 2.13. The second kappa shape index (κ2) is 5.44. The lowest BCUT2D eigenvalue weighted by Gasteiger charge is -2.43. The van der Waals surface area contributed by atoms with Gasteiger partial charge in [-0.2, -0.15) is 0 Å². The zero-order chi connectivity index (χ0) is 15.2. The van der Waals surface area contributed by atoms with Crippen LogP contribution in [0.1, 0.15) is 81.8 Å². The van der Waals surface area contributed by atoms with Crippen LogP contribution < -0.4 is 0 Å². The Labute approximate surface area is 134 Å². The molecule has 22 heavy (non-hydrogen) atoms. The van der Waals surface area contributed by atoms with Gasteiger partial charge in [0.1, 0.15) is 5.75 Å². The van der Waals surface area contributed by atoms with Gasteiger partial charge in [0.25, 0.3) is 0 Å². The fraction of sp³-hybridized carbons (Fsp3) is 0.619. The maximum absolute atomic E-state index is 9.76. The Bertz CT molecular complexity index is 612. The zero-order valence-electron chi connectivity index (χ0n) is 13.8. The number of allylic oxidation sites excluding steroid dienone is 2. The molecule has 0 aromatic heterocycles. The van der Waals surface area contributed by atoms with Crippen molar-refractivity contribution >= 4 is 0 Å². The third-order valence-corrected chi connectivity index (χ3v) is 6.62. The van der Waals surface area contributed by atoms with E-state index in [2.05, 4.69) is 13.0 Å². The van der Waals surface area contributed by atoms with E-state index in [-0.39, 0.29) is 0 Å². The summed E-state index contributed by atoms with van der Waals surface area (Å²) < 4.78 is 0. The van der Waals surface area contributed by atoms with Crippen LogP contribution in [0.5, 0.6) is 5.75 Å². The Morgan fingerprint density at radius 3 is 2.95 bits per heavy atom. The second-order valence-corrected chi connectivity index (χ2v) is 7.72. The molecule has 0 saturated heterocycles. The van der Waals surface area contributed by atoms with Crippen molar-refractivity contribution in [1.29, 1.82) is 0 Å². The van der Waals surface area contributed by atoms with Crippen LogP contribution in [0.15, 0.2) is 29.3 Å². The lowest BCUT2D eigenvalue weighted by atomic mass is 9.61. The third-order valence-electron chi connectivity index (χ3n) is 6.62. The molecule has 2 unspecified atom stereocenters. The molecule has 118 valence electrons. The molecule has 0 heterocycles. The number of benzene rings is 1. The van der Waals surface area contributed by atoms with E-state index in [1.807, 2.05) is 17.7 Å². The van der Waals surface area contributed by atoms with Gasteiger partial charge in [0, 0.05) is 5.92 Å². The molecule has 0 aliphatic heterocycles. The predicted molar refractivity (Wildman–Crippen MR) is 91.2 cm³/mol. The van der Waals surface area contributed by atoms with Crippen molar-refractivity contribution in [2.45, 2.75) is 77.0 Å². The van der Waals surface area contributed by atoms with Crippen LogP contribution in [-0.4, -0.2) is 5.11 Å². The molecule has 0 radical (unpaired) electrons. The molecule has 1 nitrogen and oxygen atoms in total. The first-order chi connectivity index (χ1) is 10.7. The molecule has 0 amide bonds. The first-order valence-electron chi connectivity index (χ1n) is 9.28. The Morgan fingerprint density at radius 1 is 1.18 bits per heavy atom. The smallest absolute Gasteiger partial charge is 0.115 e. The van der Waals surface area contributed by atoms with Crippen molar-refractivity contribution < 1.29 is 5.11 Å². The molecule has 0 bridgehead atoms. The number of phenolic OH excluding ortho intramolecular Hbond substituents is 1. The first kappa shape index (κ1) is 14.4. The van der Waals surface area contributed by atoms with E-state index in [4.69, 9.17) is 0 Å². The van der Waals surface area contributed by atoms with Gasteiger partial charge in [-0.1, -0.05) is 37.0 Å². The summed E-state index contributed by atoms with van der Waals surface area (Å²) in [4.78, 5) is 0. The summed E-state index contributed by atoms with van der Waals surface area (Å²) in [7, 11) is 0. The summed E-state index contributed by atoms with van der Waals surface area (Å²) in [5.41, 5.74) is 7.17. The van der Waals surface area contributed by atoms with E-state index in [0.29, 0.717) is 17.1 Å². The van der Waals surface area contributed by atoms with E-state index in [9.17, 15) is 5.11 Å². The summed E-state index contributed by atoms with van der Waals surface area (Å²) in [5.74, 6) is 1.09. The van der Waals surface area contributed by atoms with Crippen LogP contribution in [-0.2, 0) is 6.42 Å². The molecule has 2 atom stereocenters. The van der Waals surface area contributed by atoms with Gasteiger partial charge >= 0.3 is 0 Å². The first-order valence-corrected chi connectivity index (χ1v) is 9.28. The van der Waals surface area contributed by atoms with Gasteiger partial charge in [-0.25, -0.2) is 0 Å². The predicted octanol–water partition coefficient (Wildman–Crippen LogP) is 5.87. The highest BCUT2D eigenvalue weighted by Crippen LogP contribution is 2.59. The van der Waals surface area contributed by atoms with Crippen molar-refractivity contribution in [2.75, 3.05) is 0 Å². The lowest BCUT2D eigenvalue weighted by molar-refractivity contribution is 0.262. The summed E-state index contributed by atoms with van der Waals surface area (Å²) in [6.07, 6.45) is 13.5. The molecule has 1 fully saturated rings. The molecule has 1 aromatic rings. The van der Waals surface area contributed by atoms with Crippen LogP contribution in [0.3, 0.4) is 0 Å². The Morgan fingerprint density at radius 2 is 2.09 bits per heavy atom. The van der Waals surface area contributed by atoms with Gasteiger partial charge < -0.3 is 5.11 Å². The molecular weight excluding hydrogens is 268 g/mol. The quantitative estimate of drug-likeness (QED) is 0.691. The fourth-order valence-corrected chi connectivity index (χ4v) is 5.60. The number of unbranched alkanes of at least 4 members (excludes halogenated alkanes) is 1. The zero-order valence-corrected chi connectivity index (χ0v) is 13.8. The molecule has 1 saturated carbocycles. The van der Waals surface area contributed by atoms with Crippen molar-refractivity contribution in [3.05, 3.63) is 40.5 Å². The van der Waals surface area contributed by atoms with E-state index in [1.54, 1.807) is 5.57 Å². The number of rotatable bonds is 3. The number of hydrogen-bond acceptors (Lipinski definition) is 1. The standard InChI is InChI=1S/C21H28O/c1-2-3-11-21-12-4-5-20(21)19-8-6-15-14-16(22)7-9-17(15)18(19)10-13-21/h7,9,14,18,22H,2-6,8,10-13H2,1H3. The van der Waals surface area contributed by atoms with Crippen LogP contribution >= 0.6 is 0 Å². The van der Waals surface area contributed by atoms with Crippen LogP contribution in [0.2, 0.25) is 0 Å². The molecule has 3 aliphatic rings. The summed E-state index contributed by atoms with van der Waals surface area (Å²) in [5, 5.41) is 9.76. The minimum Gasteiger partial charge on any atom is -0.508 e. The van der Waals surface area contributed by atoms with Gasteiger partial charge in [-0.05, 0) is 80.0 Å². The highest BCUT2D eigenvalue weighted by atomic mass is 16.3. The van der Waals surface area contributed by atoms with Gasteiger partial charge in [0.05, 0.1) is 0 Å².